The molecule has 1 heterocycles. The van der Waals surface area contributed by atoms with E-state index in [-0.39, 0.29) is 11.5 Å². The summed E-state index contributed by atoms with van der Waals surface area (Å²) < 4.78 is 0. The van der Waals surface area contributed by atoms with E-state index in [1.54, 1.807) is 0 Å². The van der Waals surface area contributed by atoms with Gasteiger partial charge in [-0.2, -0.15) is 0 Å². The number of anilines is 1. The van der Waals surface area contributed by atoms with Crippen LogP contribution >= 0.6 is 0 Å². The highest BCUT2D eigenvalue weighted by molar-refractivity contribution is 5.95. The van der Waals surface area contributed by atoms with Crippen LogP contribution in [0.5, 0.6) is 0 Å². The SMILES string of the molecule is NC(=O)c1nc2c(nc1N)CCCC2. The van der Waals surface area contributed by atoms with Crippen molar-refractivity contribution in [1.82, 2.24) is 9.97 Å². The van der Waals surface area contributed by atoms with E-state index >= 15 is 0 Å². The number of nitrogens with two attached hydrogens (primary N) is 2. The van der Waals surface area contributed by atoms with Crippen molar-refractivity contribution in [2.45, 2.75) is 25.7 Å². The molecule has 0 fully saturated rings. The van der Waals surface area contributed by atoms with Crippen LogP contribution in [0.1, 0.15) is 34.7 Å². The van der Waals surface area contributed by atoms with Crippen molar-refractivity contribution in [3.05, 3.63) is 17.1 Å². The highest BCUT2D eigenvalue weighted by atomic mass is 16.1. The molecular weight excluding hydrogens is 180 g/mol. The van der Waals surface area contributed by atoms with Crippen LogP contribution in [0.3, 0.4) is 0 Å². The number of carbonyl (C=O) groups is 1. The fourth-order valence-electron chi connectivity index (χ4n) is 1.69. The molecule has 5 nitrogen and oxygen atoms in total. The number of hydrogen-bond acceptors (Lipinski definition) is 4. The third kappa shape index (κ3) is 1.41. The first kappa shape index (κ1) is 8.93. The van der Waals surface area contributed by atoms with Crippen LogP contribution in [0.4, 0.5) is 5.82 Å². The molecule has 0 spiro atoms. The molecule has 0 saturated carbocycles. The lowest BCUT2D eigenvalue weighted by Gasteiger charge is -2.14. The van der Waals surface area contributed by atoms with Crippen LogP contribution in [0.2, 0.25) is 0 Å². The Morgan fingerprint density at radius 2 is 1.71 bits per heavy atom. The van der Waals surface area contributed by atoms with Gasteiger partial charge in [0.2, 0.25) is 0 Å². The van der Waals surface area contributed by atoms with E-state index in [0.29, 0.717) is 0 Å². The van der Waals surface area contributed by atoms with Crippen LogP contribution in [-0.4, -0.2) is 15.9 Å². The third-order valence-electron chi connectivity index (χ3n) is 2.39. The molecule has 0 atom stereocenters. The number of nitrogens with zero attached hydrogens (tertiary/aromatic N) is 2. The standard InChI is InChI=1S/C9H12N4O/c10-8-7(9(11)14)12-5-3-1-2-4-6(5)13-8/h1-4H2,(H2,10,13)(H2,11,14). The van der Waals surface area contributed by atoms with E-state index in [1.165, 1.54) is 0 Å². The molecule has 5 heteroatoms. The van der Waals surface area contributed by atoms with Crippen molar-refractivity contribution < 1.29 is 4.79 Å². The lowest BCUT2D eigenvalue weighted by Crippen LogP contribution is -2.20. The Kier molecular flexibility index (Phi) is 2.07. The van der Waals surface area contributed by atoms with Crippen molar-refractivity contribution in [2.75, 3.05) is 5.73 Å². The Hall–Kier alpha value is -1.65. The number of hydrogen-bond donors (Lipinski definition) is 2. The zero-order chi connectivity index (χ0) is 10.1. The fourth-order valence-corrected chi connectivity index (χ4v) is 1.69. The summed E-state index contributed by atoms with van der Waals surface area (Å²) in [7, 11) is 0. The Morgan fingerprint density at radius 1 is 1.14 bits per heavy atom. The maximum atomic E-state index is 10.9. The highest BCUT2D eigenvalue weighted by Gasteiger charge is 2.17. The highest BCUT2D eigenvalue weighted by Crippen LogP contribution is 2.19. The van der Waals surface area contributed by atoms with E-state index < -0.39 is 5.91 Å². The molecule has 2 rings (SSSR count). The maximum absolute atomic E-state index is 10.9. The first-order chi connectivity index (χ1) is 6.68. The molecule has 0 aromatic carbocycles. The molecule has 1 amide bonds. The number of rotatable bonds is 1. The number of primary amides is 1. The Morgan fingerprint density at radius 3 is 2.29 bits per heavy atom. The minimum Gasteiger partial charge on any atom is -0.382 e. The van der Waals surface area contributed by atoms with Gasteiger partial charge in [0.05, 0.1) is 11.4 Å². The minimum absolute atomic E-state index is 0.102. The molecule has 0 saturated heterocycles. The smallest absolute Gasteiger partial charge is 0.271 e. The zero-order valence-corrected chi connectivity index (χ0v) is 7.79. The van der Waals surface area contributed by atoms with Gasteiger partial charge < -0.3 is 11.5 Å². The first-order valence-corrected chi connectivity index (χ1v) is 4.63. The Balaban J connectivity index is 2.50. The lowest BCUT2D eigenvalue weighted by molar-refractivity contribution is 0.0996. The summed E-state index contributed by atoms with van der Waals surface area (Å²) in [6, 6.07) is 0. The van der Waals surface area contributed by atoms with E-state index in [1.807, 2.05) is 0 Å². The number of amides is 1. The molecule has 74 valence electrons. The molecular formula is C9H12N4O. The van der Waals surface area contributed by atoms with Gasteiger partial charge in [-0.25, -0.2) is 9.97 Å². The van der Waals surface area contributed by atoms with Gasteiger partial charge in [-0.15, -0.1) is 0 Å². The second kappa shape index (κ2) is 3.25. The molecule has 4 N–H and O–H groups in total. The fraction of sp³-hybridized carbons (Fsp3) is 0.444. The second-order valence-corrected chi connectivity index (χ2v) is 3.42. The van der Waals surface area contributed by atoms with Gasteiger partial charge in [0.25, 0.3) is 5.91 Å². The summed E-state index contributed by atoms with van der Waals surface area (Å²) in [5.41, 5.74) is 12.6. The summed E-state index contributed by atoms with van der Waals surface area (Å²) in [4.78, 5) is 19.2. The van der Waals surface area contributed by atoms with Crippen LogP contribution in [0.15, 0.2) is 0 Å². The maximum Gasteiger partial charge on any atom is 0.271 e. The summed E-state index contributed by atoms with van der Waals surface area (Å²) in [5, 5.41) is 0. The molecule has 1 aromatic rings. The normalized spacial score (nSPS) is 14.9. The lowest BCUT2D eigenvalue weighted by atomic mass is 10.0. The van der Waals surface area contributed by atoms with Crippen LogP contribution in [-0.2, 0) is 12.8 Å². The molecule has 1 aliphatic carbocycles. The predicted octanol–water partition coefficient (Wildman–Crippen LogP) is 0.0365. The topological polar surface area (TPSA) is 94.9 Å². The van der Waals surface area contributed by atoms with Crippen molar-refractivity contribution in [3.8, 4) is 0 Å². The monoisotopic (exact) mass is 192 g/mol. The van der Waals surface area contributed by atoms with E-state index in [4.69, 9.17) is 11.5 Å². The number of fused-ring (bicyclic) bond motifs is 1. The van der Waals surface area contributed by atoms with Gasteiger partial charge in [0.1, 0.15) is 0 Å². The van der Waals surface area contributed by atoms with Crippen molar-refractivity contribution >= 4 is 11.7 Å². The van der Waals surface area contributed by atoms with Gasteiger partial charge in [-0.3, -0.25) is 4.79 Å². The molecule has 0 unspecified atom stereocenters. The van der Waals surface area contributed by atoms with Gasteiger partial charge in [0, 0.05) is 0 Å². The molecule has 0 aliphatic heterocycles. The van der Waals surface area contributed by atoms with Gasteiger partial charge in [0.15, 0.2) is 11.5 Å². The van der Waals surface area contributed by atoms with Crippen molar-refractivity contribution in [3.63, 3.8) is 0 Å². The second-order valence-electron chi connectivity index (χ2n) is 3.42. The largest absolute Gasteiger partial charge is 0.382 e. The quantitative estimate of drug-likeness (QED) is 0.656. The number of nitrogen functional groups attached to an aromatic ring is 1. The van der Waals surface area contributed by atoms with Crippen molar-refractivity contribution in [1.29, 1.82) is 0 Å². The predicted molar refractivity (Wildman–Crippen MR) is 51.6 cm³/mol. The Labute approximate surface area is 81.5 Å². The van der Waals surface area contributed by atoms with Gasteiger partial charge in [-0.1, -0.05) is 0 Å². The van der Waals surface area contributed by atoms with E-state index in [2.05, 4.69) is 9.97 Å². The van der Waals surface area contributed by atoms with Crippen LogP contribution in [0, 0.1) is 0 Å². The molecule has 0 bridgehead atoms. The van der Waals surface area contributed by atoms with Gasteiger partial charge in [-0.05, 0) is 25.7 Å². The minimum atomic E-state index is -0.608. The Bertz CT molecular complexity index is 389. The number of aromatic nitrogens is 2. The number of aryl methyl sites for hydroxylation is 2. The summed E-state index contributed by atoms with van der Waals surface area (Å²) in [6.45, 7) is 0. The first-order valence-electron chi connectivity index (χ1n) is 4.63. The van der Waals surface area contributed by atoms with E-state index in [9.17, 15) is 4.79 Å². The third-order valence-corrected chi connectivity index (χ3v) is 2.39. The summed E-state index contributed by atoms with van der Waals surface area (Å²) >= 11 is 0. The van der Waals surface area contributed by atoms with E-state index in [0.717, 1.165) is 37.1 Å². The average Bonchev–Trinajstić information content (AvgIpc) is 2.16. The molecule has 1 aromatic heterocycles. The van der Waals surface area contributed by atoms with Crippen LogP contribution in [0.25, 0.3) is 0 Å². The average molecular weight is 192 g/mol. The van der Waals surface area contributed by atoms with Crippen molar-refractivity contribution in [2.24, 2.45) is 5.73 Å². The van der Waals surface area contributed by atoms with Gasteiger partial charge >= 0.3 is 0 Å². The summed E-state index contributed by atoms with van der Waals surface area (Å²) in [5.74, 6) is -0.457. The molecule has 1 aliphatic rings. The molecule has 14 heavy (non-hydrogen) atoms. The number of carbonyl (C=O) groups excluding carboxylic acids is 1. The molecule has 0 radical (unpaired) electrons. The zero-order valence-electron chi connectivity index (χ0n) is 7.79. The summed E-state index contributed by atoms with van der Waals surface area (Å²) in [6.07, 6.45) is 3.95. The van der Waals surface area contributed by atoms with Crippen LogP contribution < -0.4 is 11.5 Å².